The summed E-state index contributed by atoms with van der Waals surface area (Å²) < 4.78 is 9.73. The Labute approximate surface area is 189 Å². The summed E-state index contributed by atoms with van der Waals surface area (Å²) in [6.45, 7) is 11.9. The lowest BCUT2D eigenvalue weighted by Crippen LogP contribution is -2.48. The van der Waals surface area contributed by atoms with Gasteiger partial charge in [0.1, 0.15) is 24.7 Å². The number of aryl methyl sites for hydroxylation is 2. The number of esters is 1. The summed E-state index contributed by atoms with van der Waals surface area (Å²) in [5, 5.41) is 4.92. The second-order valence-corrected chi connectivity index (χ2v) is 8.25. The predicted octanol–water partition coefficient (Wildman–Crippen LogP) is 2.17. The first-order chi connectivity index (χ1) is 14.9. The molecule has 1 atom stereocenters. The maximum absolute atomic E-state index is 13.1. The van der Waals surface area contributed by atoms with Crippen LogP contribution in [0, 0.1) is 13.8 Å². The Morgan fingerprint density at radius 2 is 1.78 bits per heavy atom. The summed E-state index contributed by atoms with van der Waals surface area (Å²) in [6.07, 6.45) is 0.734. The van der Waals surface area contributed by atoms with E-state index in [1.807, 2.05) is 26.0 Å². The summed E-state index contributed by atoms with van der Waals surface area (Å²) in [6, 6.07) is 4.44. The fourth-order valence-electron chi connectivity index (χ4n) is 2.97. The van der Waals surface area contributed by atoms with Crippen molar-refractivity contribution in [2.24, 2.45) is 0 Å². The standard InChI is InChI=1S/C23H33N3O6/c1-8-11-26(18(27)13-25-22(30)32-23(4,5)6)20(21(29)24-14-19(28)31-7)17-10-9-15(2)12-16(17)3/h8-10,12,20H,1,11,13-14H2,2-7H3,(H,24,29)(H,25,30). The zero-order valence-corrected chi connectivity index (χ0v) is 19.6. The van der Waals surface area contributed by atoms with Gasteiger partial charge < -0.3 is 25.0 Å². The summed E-state index contributed by atoms with van der Waals surface area (Å²) in [5.41, 5.74) is 1.66. The molecule has 0 radical (unpaired) electrons. The highest BCUT2D eigenvalue weighted by molar-refractivity contribution is 5.92. The summed E-state index contributed by atoms with van der Waals surface area (Å²) in [4.78, 5) is 50.9. The van der Waals surface area contributed by atoms with Crippen molar-refractivity contribution in [3.8, 4) is 0 Å². The molecule has 0 bridgehead atoms. The summed E-state index contributed by atoms with van der Waals surface area (Å²) in [7, 11) is 1.21. The van der Waals surface area contributed by atoms with Crippen molar-refractivity contribution in [3.63, 3.8) is 0 Å². The Kier molecular flexibility index (Phi) is 9.90. The lowest BCUT2D eigenvalue weighted by molar-refractivity contribution is -0.143. The van der Waals surface area contributed by atoms with Gasteiger partial charge in [0.15, 0.2) is 0 Å². The van der Waals surface area contributed by atoms with Crippen LogP contribution in [0.25, 0.3) is 0 Å². The van der Waals surface area contributed by atoms with Crippen molar-refractivity contribution in [2.75, 3.05) is 26.7 Å². The maximum atomic E-state index is 13.1. The normalized spacial score (nSPS) is 11.7. The van der Waals surface area contributed by atoms with E-state index in [1.54, 1.807) is 26.8 Å². The first-order valence-electron chi connectivity index (χ1n) is 10.2. The van der Waals surface area contributed by atoms with Gasteiger partial charge in [0.05, 0.1) is 7.11 Å². The number of hydrogen-bond donors (Lipinski definition) is 2. The average Bonchev–Trinajstić information content (AvgIpc) is 2.69. The number of carbonyl (C=O) groups excluding carboxylic acids is 4. The minimum atomic E-state index is -1.05. The van der Waals surface area contributed by atoms with E-state index in [9.17, 15) is 19.2 Å². The quantitative estimate of drug-likeness (QED) is 0.443. The Bertz CT molecular complexity index is 860. The van der Waals surface area contributed by atoms with E-state index in [0.717, 1.165) is 11.1 Å². The smallest absolute Gasteiger partial charge is 0.408 e. The zero-order chi connectivity index (χ0) is 24.5. The van der Waals surface area contributed by atoms with Gasteiger partial charge in [0.25, 0.3) is 0 Å². The highest BCUT2D eigenvalue weighted by Gasteiger charge is 2.32. The van der Waals surface area contributed by atoms with Crippen molar-refractivity contribution in [2.45, 2.75) is 46.3 Å². The summed E-state index contributed by atoms with van der Waals surface area (Å²) >= 11 is 0. The van der Waals surface area contributed by atoms with Crippen LogP contribution in [-0.2, 0) is 23.9 Å². The van der Waals surface area contributed by atoms with Crippen LogP contribution in [0.1, 0.15) is 43.5 Å². The number of methoxy groups -OCH3 is 1. The molecule has 0 spiro atoms. The Morgan fingerprint density at radius 3 is 2.31 bits per heavy atom. The highest BCUT2D eigenvalue weighted by Crippen LogP contribution is 2.25. The monoisotopic (exact) mass is 447 g/mol. The molecule has 3 amide bonds. The molecule has 0 heterocycles. The van der Waals surface area contributed by atoms with Crippen molar-refractivity contribution >= 4 is 23.9 Å². The third-order valence-corrected chi connectivity index (χ3v) is 4.34. The molecule has 0 aliphatic carbocycles. The molecule has 2 N–H and O–H groups in total. The first kappa shape index (κ1) is 26.7. The van der Waals surface area contributed by atoms with Crippen LogP contribution in [0.2, 0.25) is 0 Å². The van der Waals surface area contributed by atoms with E-state index in [0.29, 0.717) is 5.56 Å². The van der Waals surface area contributed by atoms with Crippen LogP contribution >= 0.6 is 0 Å². The molecule has 176 valence electrons. The van der Waals surface area contributed by atoms with E-state index in [-0.39, 0.29) is 19.6 Å². The fraction of sp³-hybridized carbons (Fsp3) is 0.478. The number of amides is 3. The Hall–Kier alpha value is -3.36. The molecule has 0 aliphatic rings. The van der Waals surface area contributed by atoms with Gasteiger partial charge in [-0.15, -0.1) is 6.58 Å². The second-order valence-electron chi connectivity index (χ2n) is 8.25. The number of benzene rings is 1. The number of carbonyl (C=O) groups is 4. The van der Waals surface area contributed by atoms with Gasteiger partial charge in [-0.2, -0.15) is 0 Å². The van der Waals surface area contributed by atoms with Gasteiger partial charge in [-0.1, -0.05) is 29.8 Å². The minimum Gasteiger partial charge on any atom is -0.468 e. The molecule has 9 nitrogen and oxygen atoms in total. The molecular weight excluding hydrogens is 414 g/mol. The molecule has 0 aliphatic heterocycles. The van der Waals surface area contributed by atoms with Crippen molar-refractivity contribution in [3.05, 3.63) is 47.5 Å². The first-order valence-corrected chi connectivity index (χ1v) is 10.2. The van der Waals surface area contributed by atoms with E-state index in [1.165, 1.54) is 18.1 Å². The third kappa shape index (κ3) is 8.41. The topological polar surface area (TPSA) is 114 Å². The molecule has 32 heavy (non-hydrogen) atoms. The SMILES string of the molecule is C=CCN(C(=O)CNC(=O)OC(C)(C)C)C(C(=O)NCC(=O)OC)c1ccc(C)cc1C. The van der Waals surface area contributed by atoms with Gasteiger partial charge in [0, 0.05) is 6.54 Å². The van der Waals surface area contributed by atoms with Crippen molar-refractivity contribution in [1.82, 2.24) is 15.5 Å². The molecule has 1 aromatic carbocycles. The van der Waals surface area contributed by atoms with Gasteiger partial charge in [-0.3, -0.25) is 14.4 Å². The number of ether oxygens (including phenoxy) is 2. The molecule has 0 fully saturated rings. The van der Waals surface area contributed by atoms with E-state index in [4.69, 9.17) is 4.74 Å². The van der Waals surface area contributed by atoms with Crippen LogP contribution in [0.3, 0.4) is 0 Å². The van der Waals surface area contributed by atoms with Crippen LogP contribution in [0.4, 0.5) is 4.79 Å². The predicted molar refractivity (Wildman–Crippen MR) is 120 cm³/mol. The maximum Gasteiger partial charge on any atom is 0.408 e. The largest absolute Gasteiger partial charge is 0.468 e. The lowest BCUT2D eigenvalue weighted by Gasteiger charge is -2.31. The van der Waals surface area contributed by atoms with Gasteiger partial charge in [0.2, 0.25) is 11.8 Å². The number of rotatable bonds is 9. The van der Waals surface area contributed by atoms with Crippen molar-refractivity contribution < 1.29 is 28.7 Å². The molecule has 0 aromatic heterocycles. The third-order valence-electron chi connectivity index (χ3n) is 4.34. The fourth-order valence-corrected chi connectivity index (χ4v) is 2.97. The van der Waals surface area contributed by atoms with E-state index >= 15 is 0 Å². The molecule has 0 saturated carbocycles. The number of hydrogen-bond acceptors (Lipinski definition) is 6. The average molecular weight is 448 g/mol. The van der Waals surface area contributed by atoms with Crippen LogP contribution < -0.4 is 10.6 Å². The van der Waals surface area contributed by atoms with Crippen molar-refractivity contribution in [1.29, 1.82) is 0 Å². The highest BCUT2D eigenvalue weighted by atomic mass is 16.6. The second kappa shape index (κ2) is 11.9. The molecule has 1 aromatic rings. The van der Waals surface area contributed by atoms with Crippen LogP contribution in [0.15, 0.2) is 30.9 Å². The Morgan fingerprint density at radius 1 is 1.12 bits per heavy atom. The van der Waals surface area contributed by atoms with E-state index < -0.39 is 35.5 Å². The zero-order valence-electron chi connectivity index (χ0n) is 19.6. The number of nitrogens with one attached hydrogen (secondary N) is 2. The molecule has 1 unspecified atom stereocenters. The van der Waals surface area contributed by atoms with Crippen LogP contribution in [0.5, 0.6) is 0 Å². The van der Waals surface area contributed by atoms with Gasteiger partial charge >= 0.3 is 12.1 Å². The van der Waals surface area contributed by atoms with Gasteiger partial charge in [-0.25, -0.2) is 4.79 Å². The molecule has 1 rings (SSSR count). The Balaban J connectivity index is 3.21. The van der Waals surface area contributed by atoms with Gasteiger partial charge in [-0.05, 0) is 45.7 Å². The minimum absolute atomic E-state index is 0.0401. The van der Waals surface area contributed by atoms with Crippen LogP contribution in [-0.4, -0.2) is 61.1 Å². The molecule has 0 saturated heterocycles. The number of nitrogens with zero attached hydrogens (tertiary/aromatic N) is 1. The molecular formula is C23H33N3O6. The lowest BCUT2D eigenvalue weighted by atomic mass is 9.97. The number of alkyl carbamates (subject to hydrolysis) is 1. The van der Waals surface area contributed by atoms with E-state index in [2.05, 4.69) is 21.9 Å². The summed E-state index contributed by atoms with van der Waals surface area (Å²) in [5.74, 6) is -1.70. The molecule has 9 heteroatoms.